The number of benzene rings is 1. The topological polar surface area (TPSA) is 48.4 Å². The second kappa shape index (κ2) is 5.49. The molecular formula is C17H23NO2. The summed E-state index contributed by atoms with van der Waals surface area (Å²) in [6.07, 6.45) is 3.11. The van der Waals surface area contributed by atoms with Crippen LogP contribution in [0.25, 0.3) is 11.0 Å². The Kier molecular flexibility index (Phi) is 3.70. The molecule has 1 saturated carbocycles. The van der Waals surface area contributed by atoms with Gasteiger partial charge in [-0.3, -0.25) is 0 Å². The summed E-state index contributed by atoms with van der Waals surface area (Å²) in [4.78, 5) is 0. The van der Waals surface area contributed by atoms with E-state index in [1.54, 1.807) is 0 Å². The minimum absolute atomic E-state index is 0.540. The molecule has 0 unspecified atom stereocenters. The fraction of sp³-hybridized carbons (Fsp3) is 0.529. The minimum atomic E-state index is 0.540. The van der Waals surface area contributed by atoms with E-state index < -0.39 is 0 Å². The maximum absolute atomic E-state index is 5.95. The van der Waals surface area contributed by atoms with Crippen molar-refractivity contribution in [2.75, 3.05) is 13.2 Å². The molecule has 2 atom stereocenters. The van der Waals surface area contributed by atoms with Gasteiger partial charge in [-0.25, -0.2) is 0 Å². The van der Waals surface area contributed by atoms with Gasteiger partial charge in [0.15, 0.2) is 0 Å². The summed E-state index contributed by atoms with van der Waals surface area (Å²) in [5, 5.41) is 1.22. The lowest BCUT2D eigenvalue weighted by Gasteiger charge is -2.11. The maximum Gasteiger partial charge on any atom is 0.134 e. The van der Waals surface area contributed by atoms with Crippen molar-refractivity contribution in [1.29, 1.82) is 0 Å². The standard InChI is InChI=1S/C17H23NO2/c1-3-7-19-16-6-5-15-14(9-12(4-2)20-15)17(16)13-8-11(13)10-18/h5-6,9,11,13H,3-4,7-8,10,18H2,1-2H3/t11-,13+/m0/s1. The molecule has 0 bridgehead atoms. The highest BCUT2D eigenvalue weighted by molar-refractivity contribution is 5.85. The molecule has 1 heterocycles. The normalized spacial score (nSPS) is 21.4. The van der Waals surface area contributed by atoms with Crippen LogP contribution in [0.4, 0.5) is 0 Å². The van der Waals surface area contributed by atoms with Crippen LogP contribution in [0.3, 0.4) is 0 Å². The number of nitrogens with two attached hydrogens (primary N) is 1. The smallest absolute Gasteiger partial charge is 0.134 e. The van der Waals surface area contributed by atoms with E-state index in [0.717, 1.165) is 43.1 Å². The van der Waals surface area contributed by atoms with Gasteiger partial charge in [0.25, 0.3) is 0 Å². The van der Waals surface area contributed by atoms with Crippen LogP contribution >= 0.6 is 0 Å². The van der Waals surface area contributed by atoms with Gasteiger partial charge in [-0.1, -0.05) is 13.8 Å². The Labute approximate surface area is 120 Å². The number of rotatable bonds is 6. The van der Waals surface area contributed by atoms with E-state index in [1.165, 1.54) is 17.4 Å². The fourth-order valence-electron chi connectivity index (χ4n) is 2.92. The van der Waals surface area contributed by atoms with E-state index in [9.17, 15) is 0 Å². The van der Waals surface area contributed by atoms with E-state index in [-0.39, 0.29) is 0 Å². The Hall–Kier alpha value is -1.48. The van der Waals surface area contributed by atoms with Crippen LogP contribution in [0.2, 0.25) is 0 Å². The fourth-order valence-corrected chi connectivity index (χ4v) is 2.92. The first kappa shape index (κ1) is 13.5. The maximum atomic E-state index is 5.95. The highest BCUT2D eigenvalue weighted by Crippen LogP contribution is 2.52. The molecule has 0 saturated heterocycles. The molecule has 1 aromatic heterocycles. The van der Waals surface area contributed by atoms with E-state index >= 15 is 0 Å². The Morgan fingerprint density at radius 3 is 2.85 bits per heavy atom. The van der Waals surface area contributed by atoms with Crippen LogP contribution in [0.1, 0.15) is 43.9 Å². The van der Waals surface area contributed by atoms with Gasteiger partial charge >= 0.3 is 0 Å². The number of ether oxygens (including phenoxy) is 1. The lowest BCUT2D eigenvalue weighted by atomic mass is 10.0. The van der Waals surface area contributed by atoms with E-state index in [1.807, 2.05) is 6.07 Å². The summed E-state index contributed by atoms with van der Waals surface area (Å²) in [7, 11) is 0. The van der Waals surface area contributed by atoms with Gasteiger partial charge in [-0.2, -0.15) is 0 Å². The average Bonchev–Trinajstić information content (AvgIpc) is 3.13. The Balaban J connectivity index is 2.06. The third-order valence-corrected chi connectivity index (χ3v) is 4.16. The first-order valence-electron chi connectivity index (χ1n) is 7.66. The molecule has 1 fully saturated rings. The minimum Gasteiger partial charge on any atom is -0.493 e. The monoisotopic (exact) mass is 273 g/mol. The van der Waals surface area contributed by atoms with Crippen molar-refractivity contribution in [2.24, 2.45) is 11.7 Å². The molecule has 3 rings (SSSR count). The van der Waals surface area contributed by atoms with Gasteiger partial charge in [0, 0.05) is 17.4 Å². The van der Waals surface area contributed by atoms with Crippen LogP contribution in [0, 0.1) is 5.92 Å². The SMILES string of the molecule is CCCOc1ccc2oc(CC)cc2c1[C@@H]1C[C@H]1CN. The van der Waals surface area contributed by atoms with Crippen molar-refractivity contribution in [3.8, 4) is 5.75 Å². The molecule has 1 aromatic carbocycles. The predicted molar refractivity (Wildman–Crippen MR) is 81.3 cm³/mol. The number of hydrogen-bond donors (Lipinski definition) is 1. The van der Waals surface area contributed by atoms with Gasteiger partial charge in [-0.05, 0) is 49.4 Å². The van der Waals surface area contributed by atoms with E-state index in [4.69, 9.17) is 14.9 Å². The summed E-state index contributed by atoms with van der Waals surface area (Å²) < 4.78 is 11.8. The Bertz CT molecular complexity index is 602. The summed E-state index contributed by atoms with van der Waals surface area (Å²) in [6, 6.07) is 6.26. The Morgan fingerprint density at radius 1 is 1.35 bits per heavy atom. The first-order chi connectivity index (χ1) is 9.78. The molecule has 1 aliphatic carbocycles. The van der Waals surface area contributed by atoms with E-state index in [2.05, 4.69) is 26.0 Å². The molecular weight excluding hydrogens is 250 g/mol. The number of fused-ring (bicyclic) bond motifs is 1. The zero-order valence-corrected chi connectivity index (χ0v) is 12.3. The molecule has 0 aliphatic heterocycles. The first-order valence-corrected chi connectivity index (χ1v) is 7.66. The Morgan fingerprint density at radius 2 is 2.20 bits per heavy atom. The third kappa shape index (κ3) is 2.31. The second-order valence-corrected chi connectivity index (χ2v) is 5.64. The van der Waals surface area contributed by atoms with Gasteiger partial charge in [0.2, 0.25) is 0 Å². The third-order valence-electron chi connectivity index (χ3n) is 4.16. The largest absolute Gasteiger partial charge is 0.493 e. The zero-order valence-electron chi connectivity index (χ0n) is 12.3. The van der Waals surface area contributed by atoms with Crippen LogP contribution in [-0.2, 0) is 6.42 Å². The van der Waals surface area contributed by atoms with Gasteiger partial charge in [0.1, 0.15) is 17.1 Å². The van der Waals surface area contributed by atoms with Crippen LogP contribution < -0.4 is 10.5 Å². The molecule has 3 nitrogen and oxygen atoms in total. The van der Waals surface area contributed by atoms with Gasteiger partial charge in [-0.15, -0.1) is 0 Å². The summed E-state index contributed by atoms with van der Waals surface area (Å²) in [5.41, 5.74) is 8.11. The van der Waals surface area contributed by atoms with E-state index in [0.29, 0.717) is 11.8 Å². The number of furan rings is 1. The van der Waals surface area contributed by atoms with Crippen LogP contribution in [0.5, 0.6) is 5.75 Å². The lowest BCUT2D eigenvalue weighted by molar-refractivity contribution is 0.314. The summed E-state index contributed by atoms with van der Waals surface area (Å²) in [6.45, 7) is 5.76. The molecule has 3 heteroatoms. The molecule has 2 aromatic rings. The zero-order chi connectivity index (χ0) is 14.1. The second-order valence-electron chi connectivity index (χ2n) is 5.64. The number of hydrogen-bond acceptors (Lipinski definition) is 3. The van der Waals surface area contributed by atoms with Crippen molar-refractivity contribution in [1.82, 2.24) is 0 Å². The highest BCUT2D eigenvalue weighted by Gasteiger charge is 2.40. The van der Waals surface area contributed by atoms with Crippen molar-refractivity contribution >= 4 is 11.0 Å². The molecule has 0 radical (unpaired) electrons. The van der Waals surface area contributed by atoms with Crippen LogP contribution in [0.15, 0.2) is 22.6 Å². The molecule has 20 heavy (non-hydrogen) atoms. The van der Waals surface area contributed by atoms with Crippen molar-refractivity contribution in [3.63, 3.8) is 0 Å². The predicted octanol–water partition coefficient (Wildman–Crippen LogP) is 3.85. The molecule has 2 N–H and O–H groups in total. The lowest BCUT2D eigenvalue weighted by Crippen LogP contribution is -2.04. The van der Waals surface area contributed by atoms with Gasteiger partial charge < -0.3 is 14.9 Å². The highest BCUT2D eigenvalue weighted by atomic mass is 16.5. The van der Waals surface area contributed by atoms with Gasteiger partial charge in [0.05, 0.1) is 6.61 Å². The van der Waals surface area contributed by atoms with Crippen molar-refractivity contribution in [2.45, 2.75) is 39.0 Å². The quantitative estimate of drug-likeness (QED) is 0.869. The number of aryl methyl sites for hydroxylation is 1. The summed E-state index contributed by atoms with van der Waals surface area (Å²) >= 11 is 0. The molecule has 108 valence electrons. The van der Waals surface area contributed by atoms with Crippen molar-refractivity contribution in [3.05, 3.63) is 29.5 Å². The molecule has 0 amide bonds. The van der Waals surface area contributed by atoms with Crippen LogP contribution in [-0.4, -0.2) is 13.2 Å². The molecule has 1 aliphatic rings. The molecule has 0 spiro atoms. The average molecular weight is 273 g/mol. The summed E-state index contributed by atoms with van der Waals surface area (Å²) in [5.74, 6) is 3.20. The van der Waals surface area contributed by atoms with Crippen molar-refractivity contribution < 1.29 is 9.15 Å².